The van der Waals surface area contributed by atoms with E-state index in [0.29, 0.717) is 25.9 Å². The quantitative estimate of drug-likeness (QED) is 0.622. The SMILES string of the molecule is Cc1ccc(S(=O)(=O)N2CCCC(C(=O)NCc3ccc(-n4ccnc4C)cc3)C2)cc1. The number of hydrogen-bond donors (Lipinski definition) is 1. The van der Waals surface area contributed by atoms with Crippen LogP contribution in [0.5, 0.6) is 0 Å². The lowest BCUT2D eigenvalue weighted by atomic mass is 9.99. The Morgan fingerprint density at radius 2 is 1.81 bits per heavy atom. The van der Waals surface area contributed by atoms with Crippen molar-refractivity contribution >= 4 is 15.9 Å². The van der Waals surface area contributed by atoms with E-state index in [1.54, 1.807) is 30.5 Å². The summed E-state index contributed by atoms with van der Waals surface area (Å²) < 4.78 is 29.4. The molecule has 2 aromatic carbocycles. The summed E-state index contributed by atoms with van der Waals surface area (Å²) in [4.78, 5) is 17.3. The molecule has 1 aliphatic heterocycles. The van der Waals surface area contributed by atoms with Crippen LogP contribution in [0, 0.1) is 19.8 Å². The standard InChI is InChI=1S/C24H28N4O3S/c1-18-5-11-23(12-6-18)32(30,31)27-14-3-4-21(17-27)24(29)26-16-20-7-9-22(10-8-20)28-15-13-25-19(28)2/h5-13,15,21H,3-4,14,16-17H2,1-2H3,(H,26,29). The van der Waals surface area contributed by atoms with Crippen molar-refractivity contribution in [2.75, 3.05) is 13.1 Å². The van der Waals surface area contributed by atoms with Gasteiger partial charge in [-0.15, -0.1) is 0 Å². The topological polar surface area (TPSA) is 84.3 Å². The molecule has 1 atom stereocenters. The molecule has 0 saturated carbocycles. The Hall–Kier alpha value is -2.97. The minimum Gasteiger partial charge on any atom is -0.352 e. The van der Waals surface area contributed by atoms with Crippen LogP contribution < -0.4 is 5.32 Å². The maximum absolute atomic E-state index is 13.0. The van der Waals surface area contributed by atoms with Crippen molar-refractivity contribution in [3.63, 3.8) is 0 Å². The number of rotatable bonds is 6. The van der Waals surface area contributed by atoms with E-state index in [1.165, 1.54) is 4.31 Å². The van der Waals surface area contributed by atoms with Gasteiger partial charge in [-0.25, -0.2) is 13.4 Å². The zero-order valence-electron chi connectivity index (χ0n) is 18.4. The number of sulfonamides is 1. The second-order valence-electron chi connectivity index (χ2n) is 8.24. The molecule has 1 aliphatic rings. The van der Waals surface area contributed by atoms with E-state index in [4.69, 9.17) is 0 Å². The zero-order valence-corrected chi connectivity index (χ0v) is 19.2. The second-order valence-corrected chi connectivity index (χ2v) is 10.2. The average molecular weight is 453 g/mol. The largest absolute Gasteiger partial charge is 0.352 e. The Balaban J connectivity index is 1.36. The molecule has 7 nitrogen and oxygen atoms in total. The molecule has 0 bridgehead atoms. The summed E-state index contributed by atoms with van der Waals surface area (Å²) in [7, 11) is -3.60. The number of benzene rings is 2. The van der Waals surface area contributed by atoms with Gasteiger partial charge in [0.15, 0.2) is 0 Å². The molecular formula is C24H28N4O3S. The fourth-order valence-corrected chi connectivity index (χ4v) is 5.52. The van der Waals surface area contributed by atoms with Crippen LogP contribution in [0.2, 0.25) is 0 Å². The first-order chi connectivity index (χ1) is 15.3. The van der Waals surface area contributed by atoms with Gasteiger partial charge in [0.2, 0.25) is 15.9 Å². The van der Waals surface area contributed by atoms with Crippen LogP contribution in [0.3, 0.4) is 0 Å². The third-order valence-electron chi connectivity index (χ3n) is 5.92. The third-order valence-corrected chi connectivity index (χ3v) is 7.80. The van der Waals surface area contributed by atoms with Gasteiger partial charge < -0.3 is 9.88 Å². The number of piperidine rings is 1. The van der Waals surface area contributed by atoms with Crippen LogP contribution in [0.15, 0.2) is 65.8 Å². The molecule has 1 N–H and O–H groups in total. The number of carbonyl (C=O) groups is 1. The van der Waals surface area contributed by atoms with Crippen molar-refractivity contribution in [2.45, 2.75) is 38.1 Å². The lowest BCUT2D eigenvalue weighted by Gasteiger charge is -2.31. The Morgan fingerprint density at radius 1 is 1.09 bits per heavy atom. The fraction of sp³-hybridized carbons (Fsp3) is 0.333. The number of aryl methyl sites for hydroxylation is 2. The molecule has 8 heteroatoms. The van der Waals surface area contributed by atoms with Gasteiger partial charge >= 0.3 is 0 Å². The predicted molar refractivity (Wildman–Crippen MR) is 123 cm³/mol. The minimum absolute atomic E-state index is 0.108. The highest BCUT2D eigenvalue weighted by molar-refractivity contribution is 7.89. The van der Waals surface area contributed by atoms with Crippen molar-refractivity contribution in [1.82, 2.24) is 19.2 Å². The van der Waals surface area contributed by atoms with Gasteiger partial charge in [0.25, 0.3) is 0 Å². The van der Waals surface area contributed by atoms with E-state index >= 15 is 0 Å². The van der Waals surface area contributed by atoms with Crippen molar-refractivity contribution in [1.29, 1.82) is 0 Å². The number of nitrogens with one attached hydrogen (secondary N) is 1. The number of nitrogens with zero attached hydrogens (tertiary/aromatic N) is 3. The maximum atomic E-state index is 13.0. The smallest absolute Gasteiger partial charge is 0.243 e. The zero-order chi connectivity index (χ0) is 22.7. The van der Waals surface area contributed by atoms with Gasteiger partial charge in [0.05, 0.1) is 10.8 Å². The van der Waals surface area contributed by atoms with Crippen LogP contribution in [0.1, 0.15) is 29.8 Å². The number of imidazole rings is 1. The molecule has 2 heterocycles. The molecule has 0 radical (unpaired) electrons. The van der Waals surface area contributed by atoms with Gasteiger partial charge in [-0.05, 0) is 56.5 Å². The molecule has 168 valence electrons. The monoisotopic (exact) mass is 452 g/mol. The van der Waals surface area contributed by atoms with E-state index in [9.17, 15) is 13.2 Å². The summed E-state index contributed by atoms with van der Waals surface area (Å²) in [5.74, 6) is 0.452. The highest BCUT2D eigenvalue weighted by Gasteiger charge is 2.33. The molecule has 1 unspecified atom stereocenters. The highest BCUT2D eigenvalue weighted by Crippen LogP contribution is 2.24. The first-order valence-electron chi connectivity index (χ1n) is 10.8. The normalized spacial score (nSPS) is 17.2. The van der Waals surface area contributed by atoms with E-state index in [0.717, 1.165) is 22.6 Å². The predicted octanol–water partition coefficient (Wildman–Crippen LogP) is 3.21. The molecule has 32 heavy (non-hydrogen) atoms. The summed E-state index contributed by atoms with van der Waals surface area (Å²) in [5.41, 5.74) is 3.01. The Bertz CT molecular complexity index is 1180. The molecule has 1 fully saturated rings. The molecule has 3 aromatic rings. The van der Waals surface area contributed by atoms with Gasteiger partial charge in [0, 0.05) is 37.7 Å². The minimum atomic E-state index is -3.60. The fourth-order valence-electron chi connectivity index (χ4n) is 3.99. The summed E-state index contributed by atoms with van der Waals surface area (Å²) in [6.45, 7) is 4.92. The number of aromatic nitrogens is 2. The van der Waals surface area contributed by atoms with Crippen molar-refractivity contribution in [3.8, 4) is 5.69 Å². The Labute approximate surface area is 189 Å². The summed E-state index contributed by atoms with van der Waals surface area (Å²) in [6.07, 6.45) is 5.02. The van der Waals surface area contributed by atoms with Crippen LogP contribution in [-0.2, 0) is 21.4 Å². The van der Waals surface area contributed by atoms with Gasteiger partial charge in [-0.2, -0.15) is 4.31 Å². The van der Waals surface area contributed by atoms with E-state index in [-0.39, 0.29) is 23.3 Å². The molecular weight excluding hydrogens is 424 g/mol. The lowest BCUT2D eigenvalue weighted by Crippen LogP contribution is -2.45. The maximum Gasteiger partial charge on any atom is 0.243 e. The van der Waals surface area contributed by atoms with Crippen LogP contribution >= 0.6 is 0 Å². The van der Waals surface area contributed by atoms with Crippen molar-refractivity contribution in [2.24, 2.45) is 5.92 Å². The highest BCUT2D eigenvalue weighted by atomic mass is 32.2. The van der Waals surface area contributed by atoms with Crippen molar-refractivity contribution < 1.29 is 13.2 Å². The molecule has 1 amide bonds. The third kappa shape index (κ3) is 4.76. The number of carbonyl (C=O) groups excluding carboxylic acids is 1. The Morgan fingerprint density at radius 3 is 2.47 bits per heavy atom. The van der Waals surface area contributed by atoms with Crippen LogP contribution in [0.25, 0.3) is 5.69 Å². The van der Waals surface area contributed by atoms with Crippen molar-refractivity contribution in [3.05, 3.63) is 77.9 Å². The summed E-state index contributed by atoms with van der Waals surface area (Å²) in [6, 6.07) is 14.8. The van der Waals surface area contributed by atoms with E-state index in [1.807, 2.05) is 48.9 Å². The molecule has 0 aliphatic carbocycles. The van der Waals surface area contributed by atoms with E-state index < -0.39 is 10.0 Å². The molecule has 0 spiro atoms. The molecule has 4 rings (SSSR count). The first kappa shape index (κ1) is 22.2. The second kappa shape index (κ2) is 9.26. The van der Waals surface area contributed by atoms with Crippen LogP contribution in [-0.4, -0.2) is 41.3 Å². The number of amides is 1. The summed E-state index contributed by atoms with van der Waals surface area (Å²) in [5, 5.41) is 2.97. The molecule has 1 aromatic heterocycles. The van der Waals surface area contributed by atoms with Gasteiger partial charge in [0.1, 0.15) is 5.82 Å². The van der Waals surface area contributed by atoms with E-state index in [2.05, 4.69) is 10.3 Å². The van der Waals surface area contributed by atoms with Crippen LogP contribution in [0.4, 0.5) is 0 Å². The molecule has 1 saturated heterocycles. The average Bonchev–Trinajstić information content (AvgIpc) is 3.24. The first-order valence-corrected chi connectivity index (χ1v) is 12.2. The lowest BCUT2D eigenvalue weighted by molar-refractivity contribution is -0.126. The van der Waals surface area contributed by atoms with Gasteiger partial charge in [-0.3, -0.25) is 4.79 Å². The van der Waals surface area contributed by atoms with Gasteiger partial charge in [-0.1, -0.05) is 29.8 Å². The Kier molecular flexibility index (Phi) is 6.43. The number of hydrogen-bond acceptors (Lipinski definition) is 4. The summed E-state index contributed by atoms with van der Waals surface area (Å²) >= 11 is 0.